The van der Waals surface area contributed by atoms with E-state index >= 15 is 0 Å². The van der Waals surface area contributed by atoms with Gasteiger partial charge in [-0.15, -0.1) is 0 Å². The van der Waals surface area contributed by atoms with E-state index in [-0.39, 0.29) is 6.61 Å². The maximum atomic E-state index is 10.8. The van der Waals surface area contributed by atoms with Gasteiger partial charge in [-0.25, -0.2) is 0 Å². The molecule has 0 aliphatic heterocycles. The van der Waals surface area contributed by atoms with E-state index in [1.807, 2.05) is 14.1 Å². The van der Waals surface area contributed by atoms with Gasteiger partial charge in [0.25, 0.3) is 0 Å². The van der Waals surface area contributed by atoms with Crippen molar-refractivity contribution in [3.63, 3.8) is 0 Å². The van der Waals surface area contributed by atoms with Crippen molar-refractivity contribution < 1.29 is 23.5 Å². The summed E-state index contributed by atoms with van der Waals surface area (Å²) in [5.41, 5.74) is 0. The predicted octanol–water partition coefficient (Wildman–Crippen LogP) is 0.0839. The van der Waals surface area contributed by atoms with Crippen molar-refractivity contribution in [2.75, 3.05) is 40.9 Å². The maximum absolute atomic E-state index is 10.8. The fraction of sp³-hybridized carbons (Fsp3) is 1.00. The Morgan fingerprint density at radius 3 is 2.53 bits per heavy atom. The van der Waals surface area contributed by atoms with Crippen LogP contribution < -0.4 is 4.89 Å². The van der Waals surface area contributed by atoms with Gasteiger partial charge in [-0.1, -0.05) is 6.92 Å². The predicted molar refractivity (Wildman–Crippen MR) is 58.0 cm³/mol. The molecule has 0 aromatic heterocycles. The Bertz CT molecular complexity index is 168. The van der Waals surface area contributed by atoms with E-state index in [4.69, 9.17) is 4.52 Å². The van der Waals surface area contributed by atoms with E-state index in [9.17, 15) is 10.00 Å². The first-order valence-corrected chi connectivity index (χ1v) is 6.15. The van der Waals surface area contributed by atoms with Crippen LogP contribution in [0.15, 0.2) is 0 Å². The van der Waals surface area contributed by atoms with Crippen molar-refractivity contribution in [3.05, 3.63) is 0 Å². The van der Waals surface area contributed by atoms with Gasteiger partial charge in [-0.2, -0.15) is 0 Å². The topological polar surface area (TPSA) is 61.8 Å². The minimum atomic E-state index is -2.08. The number of likely N-dealkylation sites (N-methyl/N-ethyl adjacent to an activating group) is 1. The van der Waals surface area contributed by atoms with Gasteiger partial charge in [0, 0.05) is 7.11 Å². The minimum Gasteiger partial charge on any atom is -0.786 e. The van der Waals surface area contributed by atoms with Crippen molar-refractivity contribution in [3.8, 4) is 0 Å². The number of hydrogen-bond donors (Lipinski definition) is 1. The van der Waals surface area contributed by atoms with E-state index < -0.39 is 14.7 Å². The first-order chi connectivity index (χ1) is 6.91. The fourth-order valence-corrected chi connectivity index (χ4v) is 1.92. The second-order valence-corrected chi connectivity index (χ2v) is 5.27. The molecule has 0 spiro atoms. The smallest absolute Gasteiger partial charge is 0.126 e. The normalized spacial score (nSPS) is 16.4. The summed E-state index contributed by atoms with van der Waals surface area (Å²) in [5, 5.41) is 9.63. The molecule has 0 aromatic rings. The summed E-state index contributed by atoms with van der Waals surface area (Å²) in [6, 6.07) is 0. The Kier molecular flexibility index (Phi) is 7.61. The van der Waals surface area contributed by atoms with Gasteiger partial charge in [0.05, 0.1) is 35.8 Å². The summed E-state index contributed by atoms with van der Waals surface area (Å²) < 4.78 is 9.98. The zero-order valence-electron chi connectivity index (χ0n) is 9.97. The standard InChI is InChI=1S/C9H22NO4P/c1-5-6-10(2,3)7-9(11)8-14-15(12)13-4/h9,11H,5-8H2,1-4H3. The van der Waals surface area contributed by atoms with E-state index in [2.05, 4.69) is 11.4 Å². The molecule has 0 saturated carbocycles. The molecule has 0 aliphatic carbocycles. The molecule has 15 heavy (non-hydrogen) atoms. The van der Waals surface area contributed by atoms with Crippen LogP contribution in [0.4, 0.5) is 0 Å². The van der Waals surface area contributed by atoms with Gasteiger partial charge in [0.1, 0.15) is 12.6 Å². The lowest BCUT2D eigenvalue weighted by Gasteiger charge is -2.32. The van der Waals surface area contributed by atoms with Gasteiger partial charge in [0.2, 0.25) is 0 Å². The monoisotopic (exact) mass is 239 g/mol. The summed E-state index contributed by atoms with van der Waals surface area (Å²) in [7, 11) is 3.32. The Morgan fingerprint density at radius 1 is 1.47 bits per heavy atom. The van der Waals surface area contributed by atoms with Crippen molar-refractivity contribution in [2.24, 2.45) is 0 Å². The molecule has 0 aliphatic rings. The van der Waals surface area contributed by atoms with Crippen molar-refractivity contribution >= 4 is 8.60 Å². The summed E-state index contributed by atoms with van der Waals surface area (Å²) in [5.74, 6) is 0. The molecule has 5 nitrogen and oxygen atoms in total. The summed E-state index contributed by atoms with van der Waals surface area (Å²) in [6.07, 6.45) is 0.452. The van der Waals surface area contributed by atoms with Crippen LogP contribution in [0.1, 0.15) is 13.3 Å². The van der Waals surface area contributed by atoms with E-state index in [1.165, 1.54) is 7.11 Å². The molecule has 0 aromatic carbocycles. The minimum absolute atomic E-state index is 0.0500. The molecular weight excluding hydrogens is 217 g/mol. The van der Waals surface area contributed by atoms with Gasteiger partial charge >= 0.3 is 0 Å². The number of hydrogen-bond acceptors (Lipinski definition) is 4. The number of nitrogens with zero attached hydrogens (tertiary/aromatic N) is 1. The average molecular weight is 239 g/mol. The number of aliphatic hydroxyl groups is 1. The third kappa shape index (κ3) is 8.08. The maximum Gasteiger partial charge on any atom is 0.126 e. The zero-order chi connectivity index (χ0) is 11.9. The highest BCUT2D eigenvalue weighted by atomic mass is 31.2. The Hall–Kier alpha value is 0.230. The van der Waals surface area contributed by atoms with Gasteiger partial charge < -0.3 is 23.5 Å². The summed E-state index contributed by atoms with van der Waals surface area (Å²) in [6.45, 7) is 3.73. The van der Waals surface area contributed by atoms with Crippen LogP contribution in [0.25, 0.3) is 0 Å². The third-order valence-electron chi connectivity index (χ3n) is 2.06. The molecule has 0 amide bonds. The molecule has 92 valence electrons. The number of quaternary nitrogens is 1. The molecule has 1 N–H and O–H groups in total. The van der Waals surface area contributed by atoms with Crippen LogP contribution in [0.5, 0.6) is 0 Å². The highest BCUT2D eigenvalue weighted by molar-refractivity contribution is 7.38. The van der Waals surface area contributed by atoms with Crippen LogP contribution in [0.2, 0.25) is 0 Å². The van der Waals surface area contributed by atoms with E-state index in [0.717, 1.165) is 17.4 Å². The highest BCUT2D eigenvalue weighted by Crippen LogP contribution is 2.25. The SMILES string of the molecule is CCC[N+](C)(C)CC(O)COP([O-])OC. The van der Waals surface area contributed by atoms with Crippen molar-refractivity contribution in [2.45, 2.75) is 19.4 Å². The lowest BCUT2D eigenvalue weighted by atomic mass is 10.3. The molecule has 6 heteroatoms. The number of aliphatic hydroxyl groups excluding tert-OH is 1. The summed E-state index contributed by atoms with van der Waals surface area (Å²) in [4.78, 5) is 10.8. The average Bonchev–Trinajstić information content (AvgIpc) is 2.13. The van der Waals surface area contributed by atoms with E-state index in [0.29, 0.717) is 6.54 Å². The molecule has 2 atom stereocenters. The molecule has 2 unspecified atom stereocenters. The molecular formula is C9H22NO4P. The van der Waals surface area contributed by atoms with Crippen LogP contribution in [-0.4, -0.2) is 56.6 Å². The molecule has 0 bridgehead atoms. The van der Waals surface area contributed by atoms with Crippen LogP contribution in [0, 0.1) is 0 Å². The van der Waals surface area contributed by atoms with Crippen LogP contribution >= 0.6 is 8.60 Å². The first-order valence-electron chi connectivity index (χ1n) is 5.05. The highest BCUT2D eigenvalue weighted by Gasteiger charge is 2.19. The molecule has 0 fully saturated rings. The Morgan fingerprint density at radius 2 is 2.07 bits per heavy atom. The molecule has 0 heterocycles. The molecule has 0 rings (SSSR count). The van der Waals surface area contributed by atoms with Crippen molar-refractivity contribution in [1.29, 1.82) is 0 Å². The van der Waals surface area contributed by atoms with E-state index in [1.54, 1.807) is 0 Å². The van der Waals surface area contributed by atoms with Crippen LogP contribution in [0.3, 0.4) is 0 Å². The first kappa shape index (κ1) is 15.2. The van der Waals surface area contributed by atoms with Crippen LogP contribution in [-0.2, 0) is 9.05 Å². The zero-order valence-corrected chi connectivity index (χ0v) is 10.9. The van der Waals surface area contributed by atoms with Gasteiger partial charge in [-0.3, -0.25) is 0 Å². The molecule has 0 radical (unpaired) electrons. The summed E-state index contributed by atoms with van der Waals surface area (Å²) >= 11 is 0. The third-order valence-corrected chi connectivity index (χ3v) is 2.71. The van der Waals surface area contributed by atoms with Gasteiger partial charge in [-0.05, 0) is 6.42 Å². The number of rotatable bonds is 8. The molecule has 0 saturated heterocycles. The van der Waals surface area contributed by atoms with Crippen molar-refractivity contribution in [1.82, 2.24) is 0 Å². The quantitative estimate of drug-likeness (QED) is 0.481. The second-order valence-electron chi connectivity index (χ2n) is 4.20. The second kappa shape index (κ2) is 7.49. The largest absolute Gasteiger partial charge is 0.786 e. The van der Waals surface area contributed by atoms with Gasteiger partial charge in [0.15, 0.2) is 0 Å². The Labute approximate surface area is 93.2 Å². The fourth-order valence-electron chi connectivity index (χ4n) is 1.52. The lowest BCUT2D eigenvalue weighted by molar-refractivity contribution is -0.893. The lowest BCUT2D eigenvalue weighted by Crippen LogP contribution is -2.46. The Balaban J connectivity index is 3.77.